The summed E-state index contributed by atoms with van der Waals surface area (Å²) in [6.07, 6.45) is 2.82. The highest BCUT2D eigenvalue weighted by atomic mass is 32.2. The minimum absolute atomic E-state index is 0.303. The van der Waals surface area contributed by atoms with Gasteiger partial charge in [-0.25, -0.2) is 8.42 Å². The molecular weight excluding hydrogens is 246 g/mol. The van der Waals surface area contributed by atoms with Crippen molar-refractivity contribution in [3.05, 3.63) is 24.3 Å². The Balaban J connectivity index is 2.62. The third kappa shape index (κ3) is 4.32. The zero-order valence-electron chi connectivity index (χ0n) is 9.26. The van der Waals surface area contributed by atoms with E-state index in [0.717, 1.165) is 5.69 Å². The van der Waals surface area contributed by atoms with E-state index in [0.29, 0.717) is 17.2 Å². The second kappa shape index (κ2) is 5.45. The molecule has 16 heavy (non-hydrogen) atoms. The Kier molecular flexibility index (Phi) is 4.49. The number of rotatable bonds is 5. The van der Waals surface area contributed by atoms with Gasteiger partial charge >= 0.3 is 0 Å². The molecule has 0 radical (unpaired) electrons. The molecule has 6 heteroatoms. The maximum absolute atomic E-state index is 11.2. The zero-order valence-corrected chi connectivity index (χ0v) is 10.9. The summed E-state index contributed by atoms with van der Waals surface area (Å²) in [6, 6.07) is 6.52. The van der Waals surface area contributed by atoms with E-state index in [9.17, 15) is 12.6 Å². The second-order valence-electron chi connectivity index (χ2n) is 3.50. The molecule has 0 aliphatic heterocycles. The molecule has 1 unspecified atom stereocenters. The van der Waals surface area contributed by atoms with Crippen LogP contribution in [0.15, 0.2) is 29.2 Å². The first-order valence-electron chi connectivity index (χ1n) is 4.73. The highest BCUT2D eigenvalue weighted by Gasteiger charge is 2.05. The second-order valence-corrected chi connectivity index (χ2v) is 7.07. The molecule has 1 aromatic rings. The summed E-state index contributed by atoms with van der Waals surface area (Å²) < 4.78 is 33.2. The van der Waals surface area contributed by atoms with Gasteiger partial charge in [-0.1, -0.05) is 0 Å². The molecule has 4 nitrogen and oxygen atoms in total. The van der Waals surface area contributed by atoms with Gasteiger partial charge < -0.3 is 5.32 Å². The van der Waals surface area contributed by atoms with Crippen molar-refractivity contribution in [3.63, 3.8) is 0 Å². The number of benzene rings is 1. The molecule has 1 rings (SSSR count). The Morgan fingerprint density at radius 3 is 2.25 bits per heavy atom. The van der Waals surface area contributed by atoms with Crippen molar-refractivity contribution in [3.8, 4) is 0 Å². The number of anilines is 1. The molecule has 0 spiro atoms. The fourth-order valence-corrected chi connectivity index (χ4v) is 2.18. The van der Waals surface area contributed by atoms with Crippen molar-refractivity contribution in [1.82, 2.24) is 0 Å². The quantitative estimate of drug-likeness (QED) is 0.854. The van der Waals surface area contributed by atoms with E-state index >= 15 is 0 Å². The molecule has 0 aliphatic rings. The molecule has 0 heterocycles. The Morgan fingerprint density at radius 2 is 1.81 bits per heavy atom. The molecule has 0 fully saturated rings. The van der Waals surface area contributed by atoms with Crippen molar-refractivity contribution in [2.24, 2.45) is 0 Å². The van der Waals surface area contributed by atoms with Crippen LogP contribution in [0.2, 0.25) is 0 Å². The molecule has 0 amide bonds. The van der Waals surface area contributed by atoms with Crippen LogP contribution in [0.3, 0.4) is 0 Å². The maximum Gasteiger partial charge on any atom is 0.175 e. The fraction of sp³-hybridized carbons (Fsp3) is 0.400. The first-order valence-corrected chi connectivity index (χ1v) is 8.35. The number of hydrogen-bond acceptors (Lipinski definition) is 4. The minimum Gasteiger partial charge on any atom is -0.384 e. The number of nitrogens with one attached hydrogen (secondary N) is 1. The monoisotopic (exact) mass is 261 g/mol. The van der Waals surface area contributed by atoms with Gasteiger partial charge in [0.1, 0.15) is 0 Å². The van der Waals surface area contributed by atoms with E-state index in [1.807, 2.05) is 0 Å². The first kappa shape index (κ1) is 13.2. The van der Waals surface area contributed by atoms with Gasteiger partial charge in [-0.05, 0) is 24.3 Å². The molecule has 0 bridgehead atoms. The van der Waals surface area contributed by atoms with E-state index in [1.54, 1.807) is 30.5 Å². The summed E-state index contributed by atoms with van der Waals surface area (Å²) >= 11 is 0. The molecule has 0 saturated carbocycles. The van der Waals surface area contributed by atoms with Gasteiger partial charge in [0, 0.05) is 41.3 Å². The van der Waals surface area contributed by atoms with E-state index < -0.39 is 20.6 Å². The standard InChI is InChI=1S/C10H15NO3S2/c1-15(12)8-7-11-9-3-5-10(6-4-9)16(2,13)14/h3-6,11H,7-8H2,1-2H3. The molecular formula is C10H15NO3S2. The van der Waals surface area contributed by atoms with Crippen molar-refractivity contribution in [2.75, 3.05) is 30.1 Å². The Bertz CT molecular complexity index is 465. The van der Waals surface area contributed by atoms with Gasteiger partial charge in [0.05, 0.1) is 4.90 Å². The van der Waals surface area contributed by atoms with Crippen molar-refractivity contribution < 1.29 is 12.6 Å². The lowest BCUT2D eigenvalue weighted by Gasteiger charge is -2.05. The predicted octanol–water partition coefficient (Wildman–Crippen LogP) is 0.881. The molecule has 90 valence electrons. The van der Waals surface area contributed by atoms with Crippen LogP contribution in [0, 0.1) is 0 Å². The van der Waals surface area contributed by atoms with Crippen LogP contribution >= 0.6 is 0 Å². The van der Waals surface area contributed by atoms with Gasteiger partial charge in [0.25, 0.3) is 0 Å². The normalized spacial score (nSPS) is 13.4. The van der Waals surface area contributed by atoms with E-state index in [2.05, 4.69) is 5.32 Å². The summed E-state index contributed by atoms with van der Waals surface area (Å²) in [4.78, 5) is 0.303. The van der Waals surface area contributed by atoms with Crippen LogP contribution < -0.4 is 5.32 Å². The SMILES string of the molecule is CS(=O)CCNc1ccc(S(C)(=O)=O)cc1. The third-order valence-corrected chi connectivity index (χ3v) is 3.91. The first-order chi connectivity index (χ1) is 7.39. The maximum atomic E-state index is 11.2. The Morgan fingerprint density at radius 1 is 1.25 bits per heavy atom. The zero-order chi connectivity index (χ0) is 12.2. The third-order valence-electron chi connectivity index (χ3n) is 2.00. The van der Waals surface area contributed by atoms with Crippen LogP contribution in [-0.2, 0) is 20.6 Å². The molecule has 1 N–H and O–H groups in total. The highest BCUT2D eigenvalue weighted by Crippen LogP contribution is 2.13. The summed E-state index contributed by atoms with van der Waals surface area (Å²) in [6.45, 7) is 0.612. The Labute approximate surface area is 98.4 Å². The van der Waals surface area contributed by atoms with Crippen LogP contribution in [0.5, 0.6) is 0 Å². The van der Waals surface area contributed by atoms with Gasteiger partial charge in [0.2, 0.25) is 0 Å². The van der Waals surface area contributed by atoms with Crippen LogP contribution in [0.4, 0.5) is 5.69 Å². The lowest BCUT2D eigenvalue weighted by atomic mass is 10.3. The van der Waals surface area contributed by atoms with Crippen LogP contribution in [-0.4, -0.2) is 37.4 Å². The average molecular weight is 261 g/mol. The Hall–Kier alpha value is -0.880. The van der Waals surface area contributed by atoms with Gasteiger partial charge in [-0.2, -0.15) is 0 Å². The van der Waals surface area contributed by atoms with Crippen molar-refractivity contribution in [1.29, 1.82) is 0 Å². The average Bonchev–Trinajstić information content (AvgIpc) is 2.16. The van der Waals surface area contributed by atoms with Crippen molar-refractivity contribution in [2.45, 2.75) is 4.90 Å². The largest absolute Gasteiger partial charge is 0.384 e. The van der Waals surface area contributed by atoms with Crippen molar-refractivity contribution >= 4 is 26.3 Å². The van der Waals surface area contributed by atoms with Gasteiger partial charge in [-0.3, -0.25) is 4.21 Å². The lowest BCUT2D eigenvalue weighted by Crippen LogP contribution is -2.09. The predicted molar refractivity (Wildman–Crippen MR) is 67.0 cm³/mol. The topological polar surface area (TPSA) is 63.2 Å². The minimum atomic E-state index is -3.13. The number of hydrogen-bond donors (Lipinski definition) is 1. The fourth-order valence-electron chi connectivity index (χ4n) is 1.16. The van der Waals surface area contributed by atoms with Crippen LogP contribution in [0.25, 0.3) is 0 Å². The summed E-state index contributed by atoms with van der Waals surface area (Å²) in [7, 11) is -3.95. The summed E-state index contributed by atoms with van der Waals surface area (Å²) in [5.74, 6) is 0.577. The summed E-state index contributed by atoms with van der Waals surface area (Å²) in [5, 5.41) is 3.07. The molecule has 1 atom stereocenters. The molecule has 0 aromatic heterocycles. The smallest absolute Gasteiger partial charge is 0.175 e. The van der Waals surface area contributed by atoms with Crippen LogP contribution in [0.1, 0.15) is 0 Å². The van der Waals surface area contributed by atoms with Gasteiger partial charge in [0.15, 0.2) is 9.84 Å². The van der Waals surface area contributed by atoms with E-state index in [4.69, 9.17) is 0 Å². The van der Waals surface area contributed by atoms with Gasteiger partial charge in [-0.15, -0.1) is 0 Å². The summed E-state index contributed by atoms with van der Waals surface area (Å²) in [5.41, 5.74) is 0.831. The van der Waals surface area contributed by atoms with E-state index in [1.165, 1.54) is 6.26 Å². The molecule has 0 saturated heterocycles. The lowest BCUT2D eigenvalue weighted by molar-refractivity contribution is 0.602. The van der Waals surface area contributed by atoms with E-state index in [-0.39, 0.29) is 0 Å². The molecule has 0 aliphatic carbocycles. The highest BCUT2D eigenvalue weighted by molar-refractivity contribution is 7.90. The molecule has 1 aromatic carbocycles. The number of sulfone groups is 1.